The van der Waals surface area contributed by atoms with Crippen LogP contribution in [0.1, 0.15) is 37.4 Å². The standard InChI is InChI=1S/C26H25F4N5O3/c1-15(35-10-9-24(33-35)17-3-5-18(6-4-17)26(28,29)30)11-23(31)21-8-7-19(12-22(21)27)34-14-20(38-25(34)37)13-32-16(2)36/h3-10,12,15,20,31H,11,13-14H2,1-2H3,(H,32,36)/t15-,20-/m0/s1. The van der Waals surface area contributed by atoms with Gasteiger partial charge in [0.15, 0.2) is 0 Å². The minimum Gasteiger partial charge on any atom is -0.442 e. The van der Waals surface area contributed by atoms with Gasteiger partial charge in [-0.25, -0.2) is 9.18 Å². The van der Waals surface area contributed by atoms with Crippen molar-refractivity contribution in [3.8, 4) is 11.3 Å². The number of anilines is 1. The highest BCUT2D eigenvalue weighted by Crippen LogP contribution is 2.31. The van der Waals surface area contributed by atoms with Gasteiger partial charge < -0.3 is 15.5 Å². The van der Waals surface area contributed by atoms with Gasteiger partial charge in [0.25, 0.3) is 0 Å². The topological polar surface area (TPSA) is 100 Å². The molecule has 38 heavy (non-hydrogen) atoms. The van der Waals surface area contributed by atoms with Crippen molar-refractivity contribution < 1.29 is 31.9 Å². The van der Waals surface area contributed by atoms with Gasteiger partial charge in [-0.05, 0) is 43.3 Å². The van der Waals surface area contributed by atoms with E-state index >= 15 is 0 Å². The number of halogens is 4. The number of hydrogen-bond acceptors (Lipinski definition) is 5. The maximum Gasteiger partial charge on any atom is 0.416 e. The van der Waals surface area contributed by atoms with E-state index in [4.69, 9.17) is 10.1 Å². The zero-order valence-electron chi connectivity index (χ0n) is 20.6. The number of cyclic esters (lactones) is 1. The van der Waals surface area contributed by atoms with Gasteiger partial charge in [0.2, 0.25) is 5.91 Å². The molecule has 3 aromatic rings. The first-order chi connectivity index (χ1) is 17.9. The minimum absolute atomic E-state index is 0.0145. The van der Waals surface area contributed by atoms with E-state index in [1.807, 2.05) is 0 Å². The Morgan fingerprint density at radius 1 is 1.21 bits per heavy atom. The van der Waals surface area contributed by atoms with Crippen LogP contribution >= 0.6 is 0 Å². The van der Waals surface area contributed by atoms with E-state index in [1.165, 1.54) is 36.1 Å². The van der Waals surface area contributed by atoms with E-state index in [0.29, 0.717) is 11.3 Å². The number of nitrogens with zero attached hydrogens (tertiary/aromatic N) is 3. The largest absolute Gasteiger partial charge is 0.442 e. The highest BCUT2D eigenvalue weighted by atomic mass is 19.4. The third-order valence-corrected chi connectivity index (χ3v) is 6.11. The summed E-state index contributed by atoms with van der Waals surface area (Å²) in [5, 5.41) is 15.4. The first kappa shape index (κ1) is 26.8. The Hall–Kier alpha value is -4.22. The molecule has 1 aliphatic rings. The third kappa shape index (κ3) is 6.01. The molecule has 2 N–H and O–H groups in total. The highest BCUT2D eigenvalue weighted by molar-refractivity contribution is 5.99. The number of hydrogen-bond donors (Lipinski definition) is 2. The van der Waals surface area contributed by atoms with Crippen LogP contribution in [0.4, 0.5) is 28.0 Å². The fourth-order valence-electron chi connectivity index (χ4n) is 4.08. The number of nitrogens with one attached hydrogen (secondary N) is 2. The van der Waals surface area contributed by atoms with E-state index in [-0.39, 0.29) is 48.4 Å². The molecule has 2 atom stereocenters. The van der Waals surface area contributed by atoms with Gasteiger partial charge in [-0.3, -0.25) is 14.4 Å². The van der Waals surface area contributed by atoms with Crippen molar-refractivity contribution in [1.82, 2.24) is 15.1 Å². The van der Waals surface area contributed by atoms with Crippen LogP contribution in [0, 0.1) is 11.2 Å². The molecule has 2 aromatic carbocycles. The number of ether oxygens (including phenoxy) is 1. The van der Waals surface area contributed by atoms with E-state index in [2.05, 4.69) is 10.4 Å². The Morgan fingerprint density at radius 2 is 1.92 bits per heavy atom. The van der Waals surface area contributed by atoms with Gasteiger partial charge in [0, 0.05) is 36.4 Å². The van der Waals surface area contributed by atoms with Crippen LogP contribution in [0.3, 0.4) is 0 Å². The predicted molar refractivity (Wildman–Crippen MR) is 132 cm³/mol. The van der Waals surface area contributed by atoms with Crippen LogP contribution in [0.25, 0.3) is 11.3 Å². The quantitative estimate of drug-likeness (QED) is 0.309. The Balaban J connectivity index is 1.40. The molecule has 200 valence electrons. The zero-order chi connectivity index (χ0) is 27.6. The second-order valence-corrected chi connectivity index (χ2v) is 9.01. The Bertz CT molecular complexity index is 1350. The molecule has 8 nitrogen and oxygen atoms in total. The van der Waals surface area contributed by atoms with Crippen molar-refractivity contribution in [1.29, 1.82) is 5.41 Å². The zero-order valence-corrected chi connectivity index (χ0v) is 20.6. The molecule has 1 fully saturated rings. The number of carbonyl (C=O) groups is 2. The summed E-state index contributed by atoms with van der Waals surface area (Å²) in [5.74, 6) is -0.933. The maximum atomic E-state index is 14.9. The summed E-state index contributed by atoms with van der Waals surface area (Å²) >= 11 is 0. The van der Waals surface area contributed by atoms with Crippen LogP contribution in [0.5, 0.6) is 0 Å². The average molecular weight is 532 g/mol. The lowest BCUT2D eigenvalue weighted by Gasteiger charge is -2.16. The van der Waals surface area contributed by atoms with Crippen molar-refractivity contribution in [2.45, 2.75) is 38.6 Å². The number of alkyl halides is 3. The smallest absolute Gasteiger partial charge is 0.416 e. The molecule has 4 rings (SSSR count). The fraction of sp³-hybridized carbons (Fsp3) is 0.308. The van der Waals surface area contributed by atoms with Crippen LogP contribution in [0.2, 0.25) is 0 Å². The summed E-state index contributed by atoms with van der Waals surface area (Å²) in [4.78, 5) is 24.5. The van der Waals surface area contributed by atoms with E-state index in [0.717, 1.165) is 18.2 Å². The fourth-order valence-corrected chi connectivity index (χ4v) is 4.08. The van der Waals surface area contributed by atoms with E-state index in [1.54, 1.807) is 23.9 Å². The van der Waals surface area contributed by atoms with Crippen molar-refractivity contribution in [3.63, 3.8) is 0 Å². The van der Waals surface area contributed by atoms with Crippen molar-refractivity contribution in [2.24, 2.45) is 0 Å². The average Bonchev–Trinajstić information content (AvgIpc) is 3.49. The Labute approximate surface area is 215 Å². The molecular weight excluding hydrogens is 506 g/mol. The summed E-state index contributed by atoms with van der Waals surface area (Å²) in [5.41, 5.74) is 0.596. The molecule has 0 radical (unpaired) electrons. The lowest BCUT2D eigenvalue weighted by molar-refractivity contribution is -0.137. The van der Waals surface area contributed by atoms with E-state index in [9.17, 15) is 27.2 Å². The molecule has 2 heterocycles. The molecule has 0 bridgehead atoms. The molecule has 1 aliphatic heterocycles. The Morgan fingerprint density at radius 3 is 2.55 bits per heavy atom. The van der Waals surface area contributed by atoms with Gasteiger partial charge in [-0.1, -0.05) is 12.1 Å². The van der Waals surface area contributed by atoms with Crippen molar-refractivity contribution in [3.05, 3.63) is 71.7 Å². The summed E-state index contributed by atoms with van der Waals surface area (Å²) in [6.07, 6.45) is -3.85. The molecule has 2 amide bonds. The van der Waals surface area contributed by atoms with Crippen LogP contribution in [-0.2, 0) is 15.7 Å². The van der Waals surface area contributed by atoms with Gasteiger partial charge in [0.05, 0.1) is 36.1 Å². The summed E-state index contributed by atoms with van der Waals surface area (Å²) in [6, 6.07) is 10.1. The number of benzene rings is 2. The number of carbonyl (C=O) groups excluding carboxylic acids is 2. The number of rotatable bonds is 8. The second kappa shape index (κ2) is 10.6. The number of aromatic nitrogens is 2. The van der Waals surface area contributed by atoms with E-state index < -0.39 is 29.8 Å². The van der Waals surface area contributed by atoms with Crippen LogP contribution < -0.4 is 10.2 Å². The van der Waals surface area contributed by atoms with Gasteiger partial charge in [0.1, 0.15) is 11.9 Å². The molecule has 0 spiro atoms. The summed E-state index contributed by atoms with van der Waals surface area (Å²) in [6.45, 7) is 3.43. The molecular formula is C26H25F4N5O3. The minimum atomic E-state index is -4.42. The number of amides is 2. The molecule has 1 saturated heterocycles. The SMILES string of the molecule is CC(=O)NC[C@H]1CN(c2ccc(C(=N)C[C@H](C)n3ccc(-c4ccc(C(F)(F)F)cc4)n3)c(F)c2)C(=O)O1. The molecule has 1 aromatic heterocycles. The molecule has 0 saturated carbocycles. The van der Waals surface area contributed by atoms with Gasteiger partial charge >= 0.3 is 12.3 Å². The third-order valence-electron chi connectivity index (χ3n) is 6.11. The van der Waals surface area contributed by atoms with Crippen LogP contribution in [0.15, 0.2) is 54.7 Å². The molecule has 0 aliphatic carbocycles. The summed E-state index contributed by atoms with van der Waals surface area (Å²) < 4.78 is 60.1. The molecule has 12 heteroatoms. The predicted octanol–water partition coefficient (Wildman–Crippen LogP) is 5.19. The summed E-state index contributed by atoms with van der Waals surface area (Å²) in [7, 11) is 0. The normalized spacial score (nSPS) is 16.3. The Kier molecular flexibility index (Phi) is 7.51. The van der Waals surface area contributed by atoms with Crippen LogP contribution in [-0.4, -0.2) is 46.7 Å². The lowest BCUT2D eigenvalue weighted by atomic mass is 10.0. The second-order valence-electron chi connectivity index (χ2n) is 9.01. The van der Waals surface area contributed by atoms with Gasteiger partial charge in [-0.15, -0.1) is 0 Å². The first-order valence-corrected chi connectivity index (χ1v) is 11.7. The van der Waals surface area contributed by atoms with Crippen molar-refractivity contribution in [2.75, 3.05) is 18.0 Å². The monoisotopic (exact) mass is 531 g/mol. The van der Waals surface area contributed by atoms with Gasteiger partial charge in [-0.2, -0.15) is 18.3 Å². The lowest BCUT2D eigenvalue weighted by Crippen LogP contribution is -2.33. The molecule has 0 unspecified atom stereocenters. The maximum absolute atomic E-state index is 14.9. The first-order valence-electron chi connectivity index (χ1n) is 11.7. The van der Waals surface area contributed by atoms with Crippen molar-refractivity contribution >= 4 is 23.4 Å². The highest BCUT2D eigenvalue weighted by Gasteiger charge is 2.33.